The monoisotopic (exact) mass is 169 g/mol. The average molecular weight is 169 g/mol. The highest BCUT2D eigenvalue weighted by Gasteiger charge is 2.23. The van der Waals surface area contributed by atoms with Crippen LogP contribution < -0.4 is 5.73 Å². The molecule has 0 aromatic heterocycles. The van der Waals surface area contributed by atoms with Gasteiger partial charge in [0, 0.05) is 13.1 Å². The Kier molecular flexibility index (Phi) is 2.68. The van der Waals surface area contributed by atoms with Gasteiger partial charge in [-0.2, -0.15) is 0 Å². The number of likely N-dealkylation sites (tertiary alicyclic amines) is 1. The van der Waals surface area contributed by atoms with E-state index in [2.05, 4.69) is 0 Å². The minimum absolute atomic E-state index is 0.0564. The van der Waals surface area contributed by atoms with Crippen molar-refractivity contribution in [3.63, 3.8) is 0 Å². The zero-order valence-electron chi connectivity index (χ0n) is 7.34. The van der Waals surface area contributed by atoms with Gasteiger partial charge in [-0.05, 0) is 19.8 Å². The van der Waals surface area contributed by atoms with Gasteiger partial charge >= 0.3 is 0 Å². The topological polar surface area (TPSA) is 70.2 Å². The van der Waals surface area contributed by atoms with Crippen LogP contribution in [0.25, 0.3) is 0 Å². The first-order valence-electron chi connectivity index (χ1n) is 4.20. The van der Waals surface area contributed by atoms with E-state index in [0.717, 1.165) is 19.4 Å². The molecule has 1 amide bonds. The number of nitrogens with two attached hydrogens (primary N) is 1. The van der Waals surface area contributed by atoms with E-state index in [9.17, 15) is 4.79 Å². The summed E-state index contributed by atoms with van der Waals surface area (Å²) in [4.78, 5) is 12.7. The smallest absolute Gasteiger partial charge is 0.222 e. The van der Waals surface area contributed by atoms with E-state index in [1.807, 2.05) is 4.90 Å². The highest BCUT2D eigenvalue weighted by Crippen LogP contribution is 2.15. The maximum Gasteiger partial charge on any atom is 0.222 e. The van der Waals surface area contributed by atoms with Gasteiger partial charge in [-0.3, -0.25) is 10.2 Å². The third kappa shape index (κ3) is 1.96. The van der Waals surface area contributed by atoms with Crippen molar-refractivity contribution in [2.75, 3.05) is 13.1 Å². The summed E-state index contributed by atoms with van der Waals surface area (Å²) in [5.41, 5.74) is 5.19. The van der Waals surface area contributed by atoms with Gasteiger partial charge in [0.1, 0.15) is 0 Å². The molecule has 4 nitrogen and oxygen atoms in total. The molecule has 1 saturated heterocycles. The van der Waals surface area contributed by atoms with Crippen molar-refractivity contribution < 1.29 is 4.79 Å². The number of nitrogens with one attached hydrogen (secondary N) is 1. The highest BCUT2D eigenvalue weighted by atomic mass is 16.1. The molecule has 1 fully saturated rings. The van der Waals surface area contributed by atoms with Crippen molar-refractivity contribution >= 4 is 11.7 Å². The Morgan fingerprint density at radius 2 is 2.33 bits per heavy atom. The Bertz CT molecular complexity index is 182. The summed E-state index contributed by atoms with van der Waals surface area (Å²) in [6.07, 6.45) is 1.84. The van der Waals surface area contributed by atoms with Gasteiger partial charge in [-0.1, -0.05) is 0 Å². The summed E-state index contributed by atoms with van der Waals surface area (Å²) in [5.74, 6) is 0.237. The Morgan fingerprint density at radius 3 is 2.83 bits per heavy atom. The van der Waals surface area contributed by atoms with E-state index < -0.39 is 0 Å². The minimum Gasteiger partial charge on any atom is -0.369 e. The summed E-state index contributed by atoms with van der Waals surface area (Å²) in [6.45, 7) is 3.26. The molecule has 0 radical (unpaired) electrons. The Morgan fingerprint density at radius 1 is 1.67 bits per heavy atom. The lowest BCUT2D eigenvalue weighted by Gasteiger charge is -2.31. The number of primary amides is 1. The Balaban J connectivity index is 2.51. The minimum atomic E-state index is -0.235. The van der Waals surface area contributed by atoms with Gasteiger partial charge in [0.15, 0.2) is 0 Å². The Labute approximate surface area is 72.2 Å². The number of piperidine rings is 1. The molecular weight excluding hydrogens is 154 g/mol. The van der Waals surface area contributed by atoms with Crippen molar-refractivity contribution in [1.82, 2.24) is 4.90 Å². The van der Waals surface area contributed by atoms with Crippen LogP contribution in [0.5, 0.6) is 0 Å². The number of carbonyl (C=O) groups excluding carboxylic acids is 1. The van der Waals surface area contributed by atoms with Gasteiger partial charge < -0.3 is 10.6 Å². The summed E-state index contributed by atoms with van der Waals surface area (Å²) >= 11 is 0. The van der Waals surface area contributed by atoms with Gasteiger partial charge in [-0.25, -0.2) is 0 Å². The number of nitrogens with zero attached hydrogens (tertiary/aromatic N) is 1. The summed E-state index contributed by atoms with van der Waals surface area (Å²) in [6, 6.07) is 0. The van der Waals surface area contributed by atoms with Gasteiger partial charge in [0.2, 0.25) is 5.91 Å². The zero-order chi connectivity index (χ0) is 9.14. The van der Waals surface area contributed by atoms with Crippen molar-refractivity contribution in [1.29, 1.82) is 5.41 Å². The van der Waals surface area contributed by atoms with E-state index in [1.54, 1.807) is 6.92 Å². The van der Waals surface area contributed by atoms with E-state index >= 15 is 0 Å². The Hall–Kier alpha value is -1.06. The largest absolute Gasteiger partial charge is 0.369 e. The van der Waals surface area contributed by atoms with Crippen LogP contribution >= 0.6 is 0 Å². The molecule has 12 heavy (non-hydrogen) atoms. The second-order valence-corrected chi connectivity index (χ2v) is 3.27. The van der Waals surface area contributed by atoms with Gasteiger partial charge in [-0.15, -0.1) is 0 Å². The molecule has 68 valence electrons. The molecule has 0 aromatic rings. The molecule has 3 N–H and O–H groups in total. The standard InChI is InChI=1S/C8H15N3O/c1-6(9)11-4-2-3-7(5-11)8(10)12/h7,9H,2-5H2,1H3,(H2,10,12). The molecule has 4 heteroatoms. The predicted molar refractivity (Wildman–Crippen MR) is 46.9 cm³/mol. The van der Waals surface area contributed by atoms with Crippen LogP contribution in [0, 0.1) is 11.3 Å². The fraction of sp³-hybridized carbons (Fsp3) is 0.750. The predicted octanol–water partition coefficient (Wildman–Crippen LogP) is 0.181. The number of carbonyl (C=O) groups is 1. The first kappa shape index (κ1) is 9.03. The molecule has 0 spiro atoms. The SMILES string of the molecule is CC(=N)N1CCCC(C(N)=O)C1. The average Bonchev–Trinajstić information content (AvgIpc) is 2.04. The fourth-order valence-electron chi connectivity index (χ4n) is 1.51. The highest BCUT2D eigenvalue weighted by molar-refractivity contribution is 5.80. The van der Waals surface area contributed by atoms with Crippen LogP contribution in [0.2, 0.25) is 0 Å². The van der Waals surface area contributed by atoms with E-state index in [1.165, 1.54) is 0 Å². The maximum absolute atomic E-state index is 10.8. The lowest BCUT2D eigenvalue weighted by molar-refractivity contribution is -0.122. The lowest BCUT2D eigenvalue weighted by Crippen LogP contribution is -2.42. The normalized spacial score (nSPS) is 23.8. The van der Waals surface area contributed by atoms with E-state index in [4.69, 9.17) is 11.1 Å². The van der Waals surface area contributed by atoms with Crippen LogP contribution in [0.1, 0.15) is 19.8 Å². The zero-order valence-corrected chi connectivity index (χ0v) is 7.34. The second-order valence-electron chi connectivity index (χ2n) is 3.27. The molecule has 0 saturated carbocycles. The fourth-order valence-corrected chi connectivity index (χ4v) is 1.51. The van der Waals surface area contributed by atoms with Crippen LogP contribution in [0.3, 0.4) is 0 Å². The number of amides is 1. The molecule has 0 bridgehead atoms. The van der Waals surface area contributed by atoms with Gasteiger partial charge in [0.25, 0.3) is 0 Å². The molecule has 0 aliphatic carbocycles. The lowest BCUT2D eigenvalue weighted by atomic mass is 9.97. The molecule has 1 aliphatic rings. The van der Waals surface area contributed by atoms with Crippen LogP contribution in [-0.4, -0.2) is 29.7 Å². The van der Waals surface area contributed by atoms with E-state index in [-0.39, 0.29) is 11.8 Å². The third-order valence-electron chi connectivity index (χ3n) is 2.30. The van der Waals surface area contributed by atoms with Crippen molar-refractivity contribution in [3.8, 4) is 0 Å². The number of rotatable bonds is 1. The molecule has 1 aliphatic heterocycles. The third-order valence-corrected chi connectivity index (χ3v) is 2.30. The second kappa shape index (κ2) is 3.56. The van der Waals surface area contributed by atoms with Crippen LogP contribution in [0.4, 0.5) is 0 Å². The quantitative estimate of drug-likeness (QED) is 0.434. The first-order valence-corrected chi connectivity index (χ1v) is 4.20. The molecule has 1 unspecified atom stereocenters. The van der Waals surface area contributed by atoms with Crippen molar-refractivity contribution in [2.45, 2.75) is 19.8 Å². The number of hydrogen-bond donors (Lipinski definition) is 2. The molecular formula is C8H15N3O. The van der Waals surface area contributed by atoms with Gasteiger partial charge in [0.05, 0.1) is 11.8 Å². The number of hydrogen-bond acceptors (Lipinski definition) is 2. The molecule has 1 rings (SSSR count). The summed E-state index contributed by atoms with van der Waals surface area (Å²) in [7, 11) is 0. The van der Waals surface area contributed by atoms with E-state index in [0.29, 0.717) is 12.4 Å². The molecule has 1 heterocycles. The van der Waals surface area contributed by atoms with Crippen LogP contribution in [0.15, 0.2) is 0 Å². The molecule has 0 aromatic carbocycles. The maximum atomic E-state index is 10.8. The first-order chi connectivity index (χ1) is 5.61. The number of amidine groups is 1. The summed E-state index contributed by atoms with van der Waals surface area (Å²) in [5, 5.41) is 7.39. The van der Waals surface area contributed by atoms with Crippen molar-refractivity contribution in [3.05, 3.63) is 0 Å². The molecule has 1 atom stereocenters. The van der Waals surface area contributed by atoms with Crippen molar-refractivity contribution in [2.24, 2.45) is 11.7 Å². The summed E-state index contributed by atoms with van der Waals surface area (Å²) < 4.78 is 0. The van der Waals surface area contributed by atoms with Crippen LogP contribution in [-0.2, 0) is 4.79 Å².